The van der Waals surface area contributed by atoms with Gasteiger partial charge in [-0.2, -0.15) is 0 Å². The second-order valence-electron chi connectivity index (χ2n) is 10.4. The summed E-state index contributed by atoms with van der Waals surface area (Å²) in [6.45, 7) is 5.77. The molecule has 2 aliphatic heterocycles. The van der Waals surface area contributed by atoms with Crippen LogP contribution in [0.2, 0.25) is 0 Å². The summed E-state index contributed by atoms with van der Waals surface area (Å²) >= 11 is 0. The van der Waals surface area contributed by atoms with E-state index < -0.39 is 0 Å². The molecule has 1 saturated carbocycles. The first kappa shape index (κ1) is 22.1. The molecule has 34 heavy (non-hydrogen) atoms. The van der Waals surface area contributed by atoms with Crippen molar-refractivity contribution in [2.75, 3.05) is 44.3 Å². The number of piperidine rings is 1. The van der Waals surface area contributed by atoms with Crippen LogP contribution in [0.15, 0.2) is 54.6 Å². The van der Waals surface area contributed by atoms with Crippen molar-refractivity contribution < 1.29 is 4.74 Å². The number of morpholine rings is 1. The average Bonchev–Trinajstić information content (AvgIpc) is 3.12. The largest absolute Gasteiger partial charge is 0.378 e. The first-order valence-corrected chi connectivity index (χ1v) is 13.5. The van der Waals surface area contributed by atoms with Crippen molar-refractivity contribution in [1.82, 2.24) is 14.5 Å². The number of hydrogen-bond acceptors (Lipinski definition) is 4. The van der Waals surface area contributed by atoms with Crippen molar-refractivity contribution in [3.05, 3.63) is 60.2 Å². The molecule has 3 aromatic rings. The standard InChI is InChI=1S/C29H38N4O/c1-2-9-17-29(16-8-1,24-10-4-3-5-11-24)32-18-14-25(15-19-32)33-27-13-7-6-12-26(27)30-28(33)31-20-22-34-23-21-31/h3-7,10-13,25H,1-2,8-9,14-23H2. The number of hydrogen-bond donors (Lipinski definition) is 0. The maximum atomic E-state index is 5.64. The summed E-state index contributed by atoms with van der Waals surface area (Å²) in [6.07, 6.45) is 10.4. The molecule has 0 radical (unpaired) electrons. The van der Waals surface area contributed by atoms with Gasteiger partial charge in [-0.15, -0.1) is 0 Å². The van der Waals surface area contributed by atoms with Crippen molar-refractivity contribution in [3.8, 4) is 0 Å². The Bertz CT molecular complexity index is 1070. The van der Waals surface area contributed by atoms with Crippen LogP contribution in [0, 0.1) is 0 Å². The third-order valence-corrected chi connectivity index (χ3v) is 8.55. The predicted octanol–water partition coefficient (Wildman–Crippen LogP) is 5.76. The first-order valence-electron chi connectivity index (χ1n) is 13.5. The van der Waals surface area contributed by atoms with E-state index in [1.807, 2.05) is 0 Å². The minimum Gasteiger partial charge on any atom is -0.378 e. The lowest BCUT2D eigenvalue weighted by atomic mass is 9.79. The van der Waals surface area contributed by atoms with Crippen molar-refractivity contribution >= 4 is 17.0 Å². The van der Waals surface area contributed by atoms with E-state index in [1.54, 1.807) is 0 Å². The molecule has 6 rings (SSSR count). The molecule has 5 heteroatoms. The molecular weight excluding hydrogens is 420 g/mol. The Labute approximate surface area is 203 Å². The summed E-state index contributed by atoms with van der Waals surface area (Å²) in [7, 11) is 0. The molecule has 0 bridgehead atoms. The Morgan fingerprint density at radius 2 is 1.44 bits per heavy atom. The predicted molar refractivity (Wildman–Crippen MR) is 138 cm³/mol. The Hall–Kier alpha value is -2.37. The highest BCUT2D eigenvalue weighted by Gasteiger charge is 2.40. The SMILES string of the molecule is c1ccc(C2(N3CCC(n4c(N5CCOCC5)nc5ccccc54)CC3)CCCCCC2)cc1. The van der Waals surface area contributed by atoms with Crippen LogP contribution >= 0.6 is 0 Å². The number of anilines is 1. The molecule has 180 valence electrons. The van der Waals surface area contributed by atoms with Gasteiger partial charge in [0.1, 0.15) is 0 Å². The van der Waals surface area contributed by atoms with Crippen molar-refractivity contribution in [2.24, 2.45) is 0 Å². The minimum absolute atomic E-state index is 0.215. The maximum Gasteiger partial charge on any atom is 0.206 e. The molecule has 2 saturated heterocycles. The van der Waals surface area contributed by atoms with E-state index in [4.69, 9.17) is 9.72 Å². The lowest BCUT2D eigenvalue weighted by Gasteiger charge is -2.48. The van der Waals surface area contributed by atoms with Gasteiger partial charge in [-0.05, 0) is 43.4 Å². The van der Waals surface area contributed by atoms with E-state index in [0.717, 1.165) is 50.9 Å². The fourth-order valence-electron chi connectivity index (χ4n) is 6.78. The molecular formula is C29H38N4O. The summed E-state index contributed by atoms with van der Waals surface area (Å²) in [5, 5.41) is 0. The molecule has 0 unspecified atom stereocenters. The molecule has 3 fully saturated rings. The van der Waals surface area contributed by atoms with Gasteiger partial charge >= 0.3 is 0 Å². The Morgan fingerprint density at radius 1 is 0.765 bits per heavy atom. The van der Waals surface area contributed by atoms with Crippen LogP contribution in [0.3, 0.4) is 0 Å². The van der Waals surface area contributed by atoms with E-state index >= 15 is 0 Å². The molecule has 0 atom stereocenters. The zero-order valence-corrected chi connectivity index (χ0v) is 20.4. The molecule has 3 aliphatic rings. The fourth-order valence-corrected chi connectivity index (χ4v) is 6.78. The summed E-state index contributed by atoms with van der Waals surface area (Å²) < 4.78 is 8.21. The topological polar surface area (TPSA) is 33.5 Å². The molecule has 0 spiro atoms. The lowest BCUT2D eigenvalue weighted by Crippen LogP contribution is -2.50. The monoisotopic (exact) mass is 458 g/mol. The number of aromatic nitrogens is 2. The number of imidazole rings is 1. The molecule has 2 aromatic carbocycles. The van der Waals surface area contributed by atoms with E-state index in [9.17, 15) is 0 Å². The highest BCUT2D eigenvalue weighted by atomic mass is 16.5. The second kappa shape index (κ2) is 9.71. The van der Waals surface area contributed by atoms with E-state index in [2.05, 4.69) is 69.0 Å². The van der Waals surface area contributed by atoms with Crippen LogP contribution in [0.1, 0.15) is 63.0 Å². The number of fused-ring (bicyclic) bond motifs is 1. The molecule has 1 aliphatic carbocycles. The van der Waals surface area contributed by atoms with Gasteiger partial charge in [0.15, 0.2) is 0 Å². The van der Waals surface area contributed by atoms with Crippen molar-refractivity contribution in [3.63, 3.8) is 0 Å². The normalized spacial score (nSPS) is 22.6. The molecule has 1 aromatic heterocycles. The lowest BCUT2D eigenvalue weighted by molar-refractivity contribution is 0.0359. The van der Waals surface area contributed by atoms with Crippen LogP contribution in [-0.4, -0.2) is 53.8 Å². The number of likely N-dealkylation sites (tertiary alicyclic amines) is 1. The Balaban J connectivity index is 1.29. The van der Waals surface area contributed by atoms with Crippen LogP contribution in [0.4, 0.5) is 5.95 Å². The van der Waals surface area contributed by atoms with Gasteiger partial charge in [-0.3, -0.25) is 4.90 Å². The van der Waals surface area contributed by atoms with E-state index in [1.165, 1.54) is 62.4 Å². The van der Waals surface area contributed by atoms with E-state index in [-0.39, 0.29) is 5.54 Å². The maximum absolute atomic E-state index is 5.64. The van der Waals surface area contributed by atoms with Gasteiger partial charge in [0, 0.05) is 37.8 Å². The number of nitrogens with zero attached hydrogens (tertiary/aromatic N) is 4. The van der Waals surface area contributed by atoms with Gasteiger partial charge in [0.2, 0.25) is 5.95 Å². The highest BCUT2D eigenvalue weighted by molar-refractivity contribution is 5.79. The van der Waals surface area contributed by atoms with Gasteiger partial charge in [0.25, 0.3) is 0 Å². The number of ether oxygens (including phenoxy) is 1. The molecule has 0 N–H and O–H groups in total. The average molecular weight is 459 g/mol. The number of para-hydroxylation sites is 2. The van der Waals surface area contributed by atoms with Crippen LogP contribution in [0.25, 0.3) is 11.0 Å². The van der Waals surface area contributed by atoms with Gasteiger partial charge in [0.05, 0.1) is 24.2 Å². The highest BCUT2D eigenvalue weighted by Crippen LogP contribution is 2.44. The van der Waals surface area contributed by atoms with Crippen molar-refractivity contribution in [1.29, 1.82) is 0 Å². The minimum atomic E-state index is 0.215. The Kier molecular flexibility index (Phi) is 6.32. The van der Waals surface area contributed by atoms with Gasteiger partial charge in [-0.1, -0.05) is 68.1 Å². The fraction of sp³-hybridized carbons (Fsp3) is 0.552. The number of rotatable bonds is 4. The van der Waals surface area contributed by atoms with Crippen molar-refractivity contribution in [2.45, 2.75) is 62.9 Å². The van der Waals surface area contributed by atoms with Gasteiger partial charge < -0.3 is 14.2 Å². The number of benzene rings is 2. The molecule has 5 nitrogen and oxygen atoms in total. The molecule has 3 heterocycles. The second-order valence-corrected chi connectivity index (χ2v) is 10.4. The molecule has 0 amide bonds. The van der Waals surface area contributed by atoms with Crippen LogP contribution in [-0.2, 0) is 10.3 Å². The first-order chi connectivity index (χ1) is 16.9. The summed E-state index contributed by atoms with van der Waals surface area (Å²) in [5.74, 6) is 1.15. The zero-order chi connectivity index (χ0) is 22.8. The third-order valence-electron chi connectivity index (χ3n) is 8.55. The smallest absolute Gasteiger partial charge is 0.206 e. The summed E-state index contributed by atoms with van der Waals surface area (Å²) in [5.41, 5.74) is 4.16. The summed E-state index contributed by atoms with van der Waals surface area (Å²) in [6, 6.07) is 20.6. The van der Waals surface area contributed by atoms with Crippen LogP contribution < -0.4 is 4.90 Å². The summed E-state index contributed by atoms with van der Waals surface area (Å²) in [4.78, 5) is 10.4. The Morgan fingerprint density at radius 3 is 2.18 bits per heavy atom. The zero-order valence-electron chi connectivity index (χ0n) is 20.4. The van der Waals surface area contributed by atoms with E-state index in [0.29, 0.717) is 6.04 Å². The van der Waals surface area contributed by atoms with Crippen LogP contribution in [0.5, 0.6) is 0 Å². The third kappa shape index (κ3) is 4.03. The van der Waals surface area contributed by atoms with Gasteiger partial charge in [-0.25, -0.2) is 4.98 Å². The quantitative estimate of drug-likeness (QED) is 0.466.